The molecule has 2 rings (SSSR count). The Morgan fingerprint density at radius 2 is 1.46 bits per heavy atom. The van der Waals surface area contributed by atoms with Crippen molar-refractivity contribution in [2.24, 2.45) is 0 Å². The SMILES string of the molecule is O=C1NCCCC/C=C\CCCCCCCc2nnnn2CCCCN1. The molecule has 0 spiro atoms. The molecule has 2 N–H and O–H groups in total. The van der Waals surface area contributed by atoms with Crippen molar-refractivity contribution < 1.29 is 4.79 Å². The van der Waals surface area contributed by atoms with Crippen LogP contribution in [0.4, 0.5) is 4.79 Å². The second-order valence-electron chi connectivity index (χ2n) is 6.98. The van der Waals surface area contributed by atoms with Gasteiger partial charge in [0.25, 0.3) is 0 Å². The number of urea groups is 1. The van der Waals surface area contributed by atoms with Crippen molar-refractivity contribution in [1.29, 1.82) is 0 Å². The first-order valence-corrected chi connectivity index (χ1v) is 10.3. The van der Waals surface area contributed by atoms with Gasteiger partial charge in [0, 0.05) is 26.1 Å². The summed E-state index contributed by atoms with van der Waals surface area (Å²) in [6, 6.07) is -0.0641. The molecular formula is C19H34N6O. The van der Waals surface area contributed by atoms with Gasteiger partial charge in [0.15, 0.2) is 5.82 Å². The molecule has 0 unspecified atom stereocenters. The van der Waals surface area contributed by atoms with Crippen LogP contribution in [0.3, 0.4) is 0 Å². The van der Waals surface area contributed by atoms with Gasteiger partial charge in [0.2, 0.25) is 0 Å². The Labute approximate surface area is 157 Å². The predicted molar refractivity (Wildman–Crippen MR) is 103 cm³/mol. The van der Waals surface area contributed by atoms with Gasteiger partial charge >= 0.3 is 6.03 Å². The van der Waals surface area contributed by atoms with E-state index in [1.165, 1.54) is 32.1 Å². The van der Waals surface area contributed by atoms with Gasteiger partial charge in [-0.05, 0) is 61.8 Å². The fraction of sp³-hybridized carbons (Fsp3) is 0.789. The van der Waals surface area contributed by atoms with Crippen LogP contribution in [0.25, 0.3) is 0 Å². The summed E-state index contributed by atoms with van der Waals surface area (Å²) >= 11 is 0. The number of carbonyl (C=O) groups excluding carboxylic acids is 1. The first-order valence-electron chi connectivity index (χ1n) is 10.3. The highest BCUT2D eigenvalue weighted by atomic mass is 16.2. The Hall–Kier alpha value is -1.92. The van der Waals surface area contributed by atoms with E-state index >= 15 is 0 Å². The number of carbonyl (C=O) groups is 1. The zero-order valence-electron chi connectivity index (χ0n) is 16.0. The van der Waals surface area contributed by atoms with E-state index in [9.17, 15) is 4.79 Å². The normalized spacial score (nSPS) is 21.3. The van der Waals surface area contributed by atoms with E-state index in [4.69, 9.17) is 0 Å². The third-order valence-electron chi connectivity index (χ3n) is 4.71. The summed E-state index contributed by atoms with van der Waals surface area (Å²) < 4.78 is 1.91. The smallest absolute Gasteiger partial charge is 0.314 e. The largest absolute Gasteiger partial charge is 0.338 e. The standard InChI is InChI=1S/C19H34N6O/c26-19-20-15-11-9-7-5-3-1-2-4-6-8-10-14-18-22-23-24-25(18)17-13-12-16-21-19/h3,5H,1-2,4,6-17H2,(H2,20,21,26)/b5-3-. The molecule has 0 saturated heterocycles. The lowest BCUT2D eigenvalue weighted by Crippen LogP contribution is -2.36. The summed E-state index contributed by atoms with van der Waals surface area (Å²) in [5.74, 6) is 0.987. The number of hydrogen-bond acceptors (Lipinski definition) is 4. The molecule has 1 aromatic rings. The van der Waals surface area contributed by atoms with Crippen molar-refractivity contribution in [1.82, 2.24) is 30.8 Å². The maximum Gasteiger partial charge on any atom is 0.314 e. The molecule has 0 saturated carbocycles. The average molecular weight is 363 g/mol. The third kappa shape index (κ3) is 8.97. The fourth-order valence-electron chi connectivity index (χ4n) is 3.13. The van der Waals surface area contributed by atoms with Crippen molar-refractivity contribution in [3.05, 3.63) is 18.0 Å². The monoisotopic (exact) mass is 362 g/mol. The number of amides is 2. The summed E-state index contributed by atoms with van der Waals surface area (Å²) in [6.45, 7) is 2.25. The number of nitrogens with one attached hydrogen (secondary N) is 2. The van der Waals surface area contributed by atoms with Gasteiger partial charge in [0.1, 0.15) is 0 Å². The Morgan fingerprint density at radius 1 is 0.808 bits per heavy atom. The van der Waals surface area contributed by atoms with E-state index in [1.807, 2.05) is 4.68 Å². The van der Waals surface area contributed by atoms with Gasteiger partial charge in [-0.3, -0.25) is 0 Å². The number of hydrogen-bond donors (Lipinski definition) is 2. The predicted octanol–water partition coefficient (Wildman–Crippen LogP) is 3.38. The molecule has 0 bridgehead atoms. The van der Waals surface area contributed by atoms with Gasteiger partial charge in [-0.1, -0.05) is 31.4 Å². The average Bonchev–Trinajstić information content (AvgIpc) is 3.08. The Balaban J connectivity index is 1.74. The minimum absolute atomic E-state index is 0.0641. The molecule has 0 aliphatic carbocycles. The first kappa shape index (κ1) is 20.4. The molecular weight excluding hydrogens is 328 g/mol. The quantitative estimate of drug-likeness (QED) is 0.693. The molecule has 7 nitrogen and oxygen atoms in total. The van der Waals surface area contributed by atoms with Crippen molar-refractivity contribution in [2.75, 3.05) is 13.1 Å². The van der Waals surface area contributed by atoms with E-state index in [0.29, 0.717) is 6.54 Å². The van der Waals surface area contributed by atoms with Gasteiger partial charge in [-0.25, -0.2) is 9.48 Å². The zero-order valence-corrected chi connectivity index (χ0v) is 16.0. The molecule has 0 radical (unpaired) electrons. The van der Waals surface area contributed by atoms with E-state index in [0.717, 1.165) is 63.9 Å². The van der Waals surface area contributed by atoms with Crippen LogP contribution in [0.2, 0.25) is 0 Å². The molecule has 1 aliphatic rings. The second-order valence-corrected chi connectivity index (χ2v) is 6.98. The number of rotatable bonds is 0. The van der Waals surface area contributed by atoms with Crippen LogP contribution in [0.5, 0.6) is 0 Å². The Kier molecular flexibility index (Phi) is 10.4. The highest BCUT2D eigenvalue weighted by Crippen LogP contribution is 2.09. The first-order chi connectivity index (χ1) is 12.9. The Morgan fingerprint density at radius 3 is 2.27 bits per heavy atom. The van der Waals surface area contributed by atoms with Crippen LogP contribution in [-0.4, -0.2) is 39.3 Å². The van der Waals surface area contributed by atoms with Crippen molar-refractivity contribution in [3.63, 3.8) is 0 Å². The lowest BCUT2D eigenvalue weighted by Gasteiger charge is -2.08. The van der Waals surface area contributed by atoms with Crippen LogP contribution in [0, 0.1) is 0 Å². The van der Waals surface area contributed by atoms with E-state index < -0.39 is 0 Å². The van der Waals surface area contributed by atoms with Gasteiger partial charge in [0.05, 0.1) is 0 Å². The molecule has 146 valence electrons. The molecule has 1 aliphatic heterocycles. The molecule has 2 heterocycles. The summed E-state index contributed by atoms with van der Waals surface area (Å²) in [5, 5.41) is 17.9. The summed E-state index contributed by atoms with van der Waals surface area (Å²) in [4.78, 5) is 11.7. The highest BCUT2D eigenvalue weighted by molar-refractivity contribution is 5.73. The number of allylic oxidation sites excluding steroid dienone is 2. The maximum absolute atomic E-state index is 11.7. The minimum Gasteiger partial charge on any atom is -0.338 e. The van der Waals surface area contributed by atoms with Crippen LogP contribution in [-0.2, 0) is 13.0 Å². The minimum atomic E-state index is -0.0641. The van der Waals surface area contributed by atoms with E-state index in [2.05, 4.69) is 38.3 Å². The summed E-state index contributed by atoms with van der Waals surface area (Å²) in [6.07, 6.45) is 18.1. The fourth-order valence-corrected chi connectivity index (χ4v) is 3.13. The molecule has 0 atom stereocenters. The molecule has 1 aromatic heterocycles. The van der Waals surface area contributed by atoms with Gasteiger partial charge in [-0.2, -0.15) is 0 Å². The number of nitrogens with zero attached hydrogens (tertiary/aromatic N) is 4. The number of tetrazole rings is 1. The van der Waals surface area contributed by atoms with Crippen LogP contribution < -0.4 is 10.6 Å². The Bertz CT molecular complexity index is 528. The van der Waals surface area contributed by atoms with Crippen LogP contribution in [0.15, 0.2) is 12.2 Å². The molecule has 0 fully saturated rings. The number of fused-ring (bicyclic) bond motifs is 1. The lowest BCUT2D eigenvalue weighted by molar-refractivity contribution is 0.240. The van der Waals surface area contributed by atoms with Crippen LogP contribution >= 0.6 is 0 Å². The number of aromatic nitrogens is 4. The summed E-state index contributed by atoms with van der Waals surface area (Å²) in [5.41, 5.74) is 0. The highest BCUT2D eigenvalue weighted by Gasteiger charge is 2.06. The maximum atomic E-state index is 11.7. The zero-order chi connectivity index (χ0) is 18.3. The molecule has 26 heavy (non-hydrogen) atoms. The number of aryl methyl sites for hydroxylation is 2. The van der Waals surface area contributed by atoms with Crippen LogP contribution in [0.1, 0.15) is 76.5 Å². The molecule has 2 amide bonds. The topological polar surface area (TPSA) is 84.7 Å². The van der Waals surface area contributed by atoms with Crippen molar-refractivity contribution in [2.45, 2.75) is 83.6 Å². The van der Waals surface area contributed by atoms with E-state index in [1.54, 1.807) is 0 Å². The summed E-state index contributed by atoms with van der Waals surface area (Å²) in [7, 11) is 0. The van der Waals surface area contributed by atoms with Gasteiger partial charge < -0.3 is 10.6 Å². The molecule has 7 heteroatoms. The van der Waals surface area contributed by atoms with Gasteiger partial charge in [-0.15, -0.1) is 5.10 Å². The molecule has 0 aromatic carbocycles. The lowest BCUT2D eigenvalue weighted by atomic mass is 10.1. The second kappa shape index (κ2) is 13.3. The third-order valence-corrected chi connectivity index (χ3v) is 4.71. The van der Waals surface area contributed by atoms with Crippen molar-refractivity contribution >= 4 is 6.03 Å². The van der Waals surface area contributed by atoms with Crippen molar-refractivity contribution in [3.8, 4) is 0 Å². The van der Waals surface area contributed by atoms with E-state index in [-0.39, 0.29) is 6.03 Å².